The van der Waals surface area contributed by atoms with Gasteiger partial charge in [0.25, 0.3) is 0 Å². The summed E-state index contributed by atoms with van der Waals surface area (Å²) in [7, 11) is 4.32. The second-order valence-corrected chi connectivity index (χ2v) is 6.88. The summed E-state index contributed by atoms with van der Waals surface area (Å²) in [5.74, 6) is 0.714. The highest BCUT2D eigenvalue weighted by atomic mass is 15.1. The molecule has 2 heteroatoms. The Morgan fingerprint density at radius 2 is 1.94 bits per heavy atom. The minimum absolute atomic E-state index is 0.553. The fourth-order valence-electron chi connectivity index (χ4n) is 2.73. The lowest BCUT2D eigenvalue weighted by molar-refractivity contribution is 0.261. The van der Waals surface area contributed by atoms with Crippen molar-refractivity contribution < 1.29 is 0 Å². The molecule has 1 aliphatic rings. The van der Waals surface area contributed by atoms with Gasteiger partial charge in [-0.15, -0.1) is 0 Å². The standard InChI is InChI=1S/C14H30N2/c1-11(2)13(10-16(5)6)15-12-7-8-14(3,4)9-12/h11-13,15H,7-10H2,1-6H3. The maximum Gasteiger partial charge on any atom is 0.0220 e. The van der Waals surface area contributed by atoms with Crippen molar-refractivity contribution in [2.45, 2.75) is 59.0 Å². The van der Waals surface area contributed by atoms with E-state index in [1.807, 2.05) is 0 Å². The molecule has 1 aliphatic carbocycles. The van der Waals surface area contributed by atoms with Gasteiger partial charge in [0.1, 0.15) is 0 Å². The molecule has 0 amide bonds. The summed E-state index contributed by atoms with van der Waals surface area (Å²) in [5, 5.41) is 3.86. The molecule has 2 atom stereocenters. The third-order valence-corrected chi connectivity index (χ3v) is 3.78. The van der Waals surface area contributed by atoms with Crippen LogP contribution in [-0.2, 0) is 0 Å². The zero-order chi connectivity index (χ0) is 12.3. The van der Waals surface area contributed by atoms with Crippen molar-refractivity contribution in [1.29, 1.82) is 0 Å². The van der Waals surface area contributed by atoms with Crippen LogP contribution in [0, 0.1) is 11.3 Å². The molecule has 2 nitrogen and oxygen atoms in total. The predicted octanol–water partition coefficient (Wildman–Crippen LogP) is 2.74. The highest BCUT2D eigenvalue weighted by Crippen LogP contribution is 2.37. The van der Waals surface area contributed by atoms with Crippen molar-refractivity contribution in [3.8, 4) is 0 Å². The number of likely N-dealkylation sites (N-methyl/N-ethyl adjacent to an activating group) is 1. The normalized spacial score (nSPS) is 26.6. The molecule has 1 rings (SSSR count). The average Bonchev–Trinajstić information content (AvgIpc) is 2.43. The molecule has 16 heavy (non-hydrogen) atoms. The number of nitrogens with one attached hydrogen (secondary N) is 1. The zero-order valence-corrected chi connectivity index (χ0v) is 12.0. The lowest BCUT2D eigenvalue weighted by Gasteiger charge is -2.29. The van der Waals surface area contributed by atoms with Crippen LogP contribution < -0.4 is 5.32 Å². The lowest BCUT2D eigenvalue weighted by Crippen LogP contribution is -2.46. The predicted molar refractivity (Wildman–Crippen MR) is 71.7 cm³/mol. The number of hydrogen-bond acceptors (Lipinski definition) is 2. The van der Waals surface area contributed by atoms with Crippen LogP contribution in [0.25, 0.3) is 0 Å². The Kier molecular flexibility index (Phi) is 4.81. The fraction of sp³-hybridized carbons (Fsp3) is 1.00. The Bertz CT molecular complexity index is 209. The first-order valence-corrected chi connectivity index (χ1v) is 6.71. The molecular weight excluding hydrogens is 196 g/mol. The van der Waals surface area contributed by atoms with E-state index in [0.29, 0.717) is 17.4 Å². The Morgan fingerprint density at radius 1 is 1.31 bits per heavy atom. The monoisotopic (exact) mass is 226 g/mol. The average molecular weight is 226 g/mol. The quantitative estimate of drug-likeness (QED) is 0.775. The van der Waals surface area contributed by atoms with Gasteiger partial charge in [0.05, 0.1) is 0 Å². The van der Waals surface area contributed by atoms with Gasteiger partial charge in [-0.05, 0) is 44.7 Å². The zero-order valence-electron chi connectivity index (χ0n) is 12.0. The third-order valence-electron chi connectivity index (χ3n) is 3.78. The van der Waals surface area contributed by atoms with Crippen LogP contribution in [0.2, 0.25) is 0 Å². The molecular formula is C14H30N2. The summed E-state index contributed by atoms with van der Waals surface area (Å²) >= 11 is 0. The van der Waals surface area contributed by atoms with Crippen molar-refractivity contribution >= 4 is 0 Å². The lowest BCUT2D eigenvalue weighted by atomic mass is 9.91. The largest absolute Gasteiger partial charge is 0.310 e. The van der Waals surface area contributed by atoms with E-state index in [2.05, 4.69) is 52.0 Å². The maximum absolute atomic E-state index is 3.86. The van der Waals surface area contributed by atoms with Crippen LogP contribution in [0.1, 0.15) is 47.0 Å². The molecule has 0 radical (unpaired) electrons. The van der Waals surface area contributed by atoms with Crippen LogP contribution in [0.3, 0.4) is 0 Å². The van der Waals surface area contributed by atoms with E-state index < -0.39 is 0 Å². The molecule has 0 bridgehead atoms. The third kappa shape index (κ3) is 4.42. The van der Waals surface area contributed by atoms with Gasteiger partial charge in [-0.2, -0.15) is 0 Å². The van der Waals surface area contributed by atoms with E-state index in [9.17, 15) is 0 Å². The first-order chi connectivity index (χ1) is 7.30. The topological polar surface area (TPSA) is 15.3 Å². The van der Waals surface area contributed by atoms with E-state index >= 15 is 0 Å². The highest BCUT2D eigenvalue weighted by molar-refractivity contribution is 4.89. The minimum atomic E-state index is 0.553. The van der Waals surface area contributed by atoms with E-state index in [0.717, 1.165) is 12.6 Å². The van der Waals surface area contributed by atoms with Crippen molar-refractivity contribution in [3.63, 3.8) is 0 Å². The minimum Gasteiger partial charge on any atom is -0.310 e. The molecule has 0 heterocycles. The van der Waals surface area contributed by atoms with Crippen LogP contribution >= 0.6 is 0 Å². The molecule has 1 N–H and O–H groups in total. The van der Waals surface area contributed by atoms with Gasteiger partial charge < -0.3 is 10.2 Å². The second-order valence-electron chi connectivity index (χ2n) is 6.88. The number of nitrogens with zero attached hydrogens (tertiary/aromatic N) is 1. The first-order valence-electron chi connectivity index (χ1n) is 6.71. The summed E-state index contributed by atoms with van der Waals surface area (Å²) in [6.07, 6.45) is 4.06. The summed E-state index contributed by atoms with van der Waals surface area (Å²) in [6, 6.07) is 1.37. The highest BCUT2D eigenvalue weighted by Gasteiger charge is 2.32. The second kappa shape index (κ2) is 5.50. The molecule has 96 valence electrons. The van der Waals surface area contributed by atoms with Crippen molar-refractivity contribution in [3.05, 3.63) is 0 Å². The van der Waals surface area contributed by atoms with Gasteiger partial charge in [0.2, 0.25) is 0 Å². The van der Waals surface area contributed by atoms with Gasteiger partial charge in [0, 0.05) is 18.6 Å². The Morgan fingerprint density at radius 3 is 2.31 bits per heavy atom. The molecule has 0 aliphatic heterocycles. The Balaban J connectivity index is 2.44. The number of hydrogen-bond donors (Lipinski definition) is 1. The maximum atomic E-state index is 3.86. The molecule has 1 fully saturated rings. The van der Waals surface area contributed by atoms with Crippen molar-refractivity contribution in [2.75, 3.05) is 20.6 Å². The molecule has 0 saturated heterocycles. The van der Waals surface area contributed by atoms with Crippen LogP contribution in [0.15, 0.2) is 0 Å². The number of rotatable bonds is 5. The molecule has 0 aromatic carbocycles. The van der Waals surface area contributed by atoms with Gasteiger partial charge in [0.15, 0.2) is 0 Å². The van der Waals surface area contributed by atoms with Crippen molar-refractivity contribution in [1.82, 2.24) is 10.2 Å². The van der Waals surface area contributed by atoms with E-state index in [4.69, 9.17) is 0 Å². The Hall–Kier alpha value is -0.0800. The first kappa shape index (κ1) is 14.0. The summed E-state index contributed by atoms with van der Waals surface area (Å²) in [4.78, 5) is 2.29. The summed E-state index contributed by atoms with van der Waals surface area (Å²) in [6.45, 7) is 10.6. The smallest absolute Gasteiger partial charge is 0.0220 e. The molecule has 0 aromatic rings. The van der Waals surface area contributed by atoms with Crippen LogP contribution in [0.4, 0.5) is 0 Å². The van der Waals surface area contributed by atoms with E-state index in [-0.39, 0.29) is 0 Å². The SMILES string of the molecule is CC(C)C(CN(C)C)NC1CCC(C)(C)C1. The van der Waals surface area contributed by atoms with Gasteiger partial charge in [-0.1, -0.05) is 27.7 Å². The van der Waals surface area contributed by atoms with Crippen molar-refractivity contribution in [2.24, 2.45) is 11.3 Å². The van der Waals surface area contributed by atoms with E-state index in [1.165, 1.54) is 19.3 Å². The van der Waals surface area contributed by atoms with Gasteiger partial charge >= 0.3 is 0 Å². The molecule has 1 saturated carbocycles. The fourth-order valence-corrected chi connectivity index (χ4v) is 2.73. The Labute approximate surface area is 102 Å². The van der Waals surface area contributed by atoms with E-state index in [1.54, 1.807) is 0 Å². The summed E-state index contributed by atoms with van der Waals surface area (Å²) in [5.41, 5.74) is 0.553. The van der Waals surface area contributed by atoms with Gasteiger partial charge in [-0.3, -0.25) is 0 Å². The molecule has 2 unspecified atom stereocenters. The van der Waals surface area contributed by atoms with Crippen LogP contribution in [0.5, 0.6) is 0 Å². The van der Waals surface area contributed by atoms with Crippen LogP contribution in [-0.4, -0.2) is 37.6 Å². The van der Waals surface area contributed by atoms with Gasteiger partial charge in [-0.25, -0.2) is 0 Å². The molecule has 0 spiro atoms. The molecule has 0 aromatic heterocycles. The summed E-state index contributed by atoms with van der Waals surface area (Å²) < 4.78 is 0.